The molecule has 0 aromatic heterocycles. The van der Waals surface area contributed by atoms with Crippen LogP contribution in [0.3, 0.4) is 0 Å². The summed E-state index contributed by atoms with van der Waals surface area (Å²) in [5.74, 6) is -0.959. The van der Waals surface area contributed by atoms with Gasteiger partial charge in [0.25, 0.3) is 0 Å². The van der Waals surface area contributed by atoms with Gasteiger partial charge in [0.1, 0.15) is 5.82 Å². The van der Waals surface area contributed by atoms with Crippen molar-refractivity contribution in [2.45, 2.75) is 5.92 Å². The first kappa shape index (κ1) is 11.1. The molecule has 0 amide bonds. The Kier molecular flexibility index (Phi) is 3.19. The van der Waals surface area contributed by atoms with E-state index in [4.69, 9.17) is 4.74 Å². The number of halogens is 1. The maximum Gasteiger partial charge on any atom is 0.310 e. The molecule has 1 aliphatic heterocycles. The third-order valence-corrected chi connectivity index (χ3v) is 3.02. The summed E-state index contributed by atoms with van der Waals surface area (Å²) in [7, 11) is 1.36. The number of ether oxygens (including phenoxy) is 1. The van der Waals surface area contributed by atoms with Gasteiger partial charge in [-0.15, -0.1) is 0 Å². The number of carbonyl (C=O) groups is 1. The Morgan fingerprint density at radius 1 is 1.44 bits per heavy atom. The zero-order valence-corrected chi connectivity index (χ0v) is 9.07. The van der Waals surface area contributed by atoms with Gasteiger partial charge in [-0.25, -0.2) is 4.39 Å². The minimum Gasteiger partial charge on any atom is -0.469 e. The van der Waals surface area contributed by atoms with E-state index >= 15 is 0 Å². The monoisotopic (exact) mass is 223 g/mol. The average Bonchev–Trinajstić information content (AvgIpc) is 2.77. The minimum atomic E-state index is -0.290. The molecule has 16 heavy (non-hydrogen) atoms. The fourth-order valence-corrected chi connectivity index (χ4v) is 2.18. The topological polar surface area (TPSA) is 38.3 Å². The van der Waals surface area contributed by atoms with Crippen LogP contribution in [0.25, 0.3) is 0 Å². The second-order valence-corrected chi connectivity index (χ2v) is 3.92. The maximum atomic E-state index is 13.6. The summed E-state index contributed by atoms with van der Waals surface area (Å²) in [6, 6.07) is 6.57. The fraction of sp³-hybridized carbons (Fsp3) is 0.417. The van der Waals surface area contributed by atoms with Crippen molar-refractivity contribution < 1.29 is 13.9 Å². The number of methoxy groups -OCH3 is 1. The van der Waals surface area contributed by atoms with Crippen molar-refractivity contribution in [3.8, 4) is 0 Å². The van der Waals surface area contributed by atoms with E-state index in [0.717, 1.165) is 0 Å². The number of carbonyl (C=O) groups excluding carboxylic acids is 1. The summed E-state index contributed by atoms with van der Waals surface area (Å²) in [4.78, 5) is 11.5. The van der Waals surface area contributed by atoms with Crippen molar-refractivity contribution in [2.75, 3.05) is 20.2 Å². The normalized spacial score (nSPS) is 24.4. The molecule has 0 bridgehead atoms. The van der Waals surface area contributed by atoms with E-state index in [-0.39, 0.29) is 23.6 Å². The van der Waals surface area contributed by atoms with Crippen molar-refractivity contribution in [3.05, 3.63) is 35.6 Å². The van der Waals surface area contributed by atoms with Crippen molar-refractivity contribution in [3.63, 3.8) is 0 Å². The van der Waals surface area contributed by atoms with E-state index in [0.29, 0.717) is 18.7 Å². The molecule has 0 spiro atoms. The summed E-state index contributed by atoms with van der Waals surface area (Å²) in [5.41, 5.74) is 0.586. The quantitative estimate of drug-likeness (QED) is 0.768. The molecule has 3 nitrogen and oxygen atoms in total. The van der Waals surface area contributed by atoms with Crippen LogP contribution in [-0.4, -0.2) is 26.2 Å². The number of esters is 1. The molecule has 0 saturated carbocycles. The third-order valence-electron chi connectivity index (χ3n) is 3.02. The number of benzene rings is 1. The van der Waals surface area contributed by atoms with E-state index in [1.165, 1.54) is 13.2 Å². The van der Waals surface area contributed by atoms with E-state index in [1.54, 1.807) is 18.2 Å². The van der Waals surface area contributed by atoms with Crippen LogP contribution in [0, 0.1) is 11.7 Å². The zero-order chi connectivity index (χ0) is 11.5. The standard InChI is InChI=1S/C12H14FNO2/c1-16-12(15)10-7-14-6-9(10)8-4-2-3-5-11(8)13/h2-5,9-10,14H,6-7H2,1H3. The molecule has 1 saturated heterocycles. The average molecular weight is 223 g/mol. The molecule has 4 heteroatoms. The molecule has 86 valence electrons. The van der Waals surface area contributed by atoms with Gasteiger partial charge in [-0.3, -0.25) is 4.79 Å². The third kappa shape index (κ3) is 1.93. The molecule has 1 aromatic rings. The van der Waals surface area contributed by atoms with Crippen LogP contribution in [0.15, 0.2) is 24.3 Å². The summed E-state index contributed by atoms with van der Waals surface area (Å²) >= 11 is 0. The van der Waals surface area contributed by atoms with Crippen LogP contribution in [0.4, 0.5) is 4.39 Å². The lowest BCUT2D eigenvalue weighted by molar-refractivity contribution is -0.145. The smallest absolute Gasteiger partial charge is 0.310 e. The number of rotatable bonds is 2. The van der Waals surface area contributed by atoms with Gasteiger partial charge in [0.05, 0.1) is 13.0 Å². The molecular weight excluding hydrogens is 209 g/mol. The molecule has 0 radical (unpaired) electrons. The molecule has 1 fully saturated rings. The Hall–Kier alpha value is -1.42. The SMILES string of the molecule is COC(=O)C1CNCC1c1ccccc1F. The van der Waals surface area contributed by atoms with Gasteiger partial charge >= 0.3 is 5.97 Å². The Morgan fingerprint density at radius 3 is 2.88 bits per heavy atom. The molecule has 1 aromatic carbocycles. The molecule has 1 aliphatic rings. The summed E-state index contributed by atoms with van der Waals surface area (Å²) in [6.45, 7) is 1.16. The van der Waals surface area contributed by atoms with Crippen LogP contribution in [0.5, 0.6) is 0 Å². The first-order valence-corrected chi connectivity index (χ1v) is 5.27. The molecule has 0 aliphatic carbocycles. The van der Waals surface area contributed by atoms with Crippen molar-refractivity contribution in [2.24, 2.45) is 5.92 Å². The van der Waals surface area contributed by atoms with Gasteiger partial charge in [0.15, 0.2) is 0 Å². The van der Waals surface area contributed by atoms with Gasteiger partial charge in [-0.1, -0.05) is 18.2 Å². The first-order valence-electron chi connectivity index (χ1n) is 5.27. The Bertz CT molecular complexity index is 394. The van der Waals surface area contributed by atoms with Crippen molar-refractivity contribution >= 4 is 5.97 Å². The van der Waals surface area contributed by atoms with E-state index < -0.39 is 0 Å². The predicted molar refractivity (Wildman–Crippen MR) is 57.5 cm³/mol. The van der Waals surface area contributed by atoms with Gasteiger partial charge < -0.3 is 10.1 Å². The highest BCUT2D eigenvalue weighted by Crippen LogP contribution is 2.30. The van der Waals surface area contributed by atoms with Gasteiger partial charge in [0.2, 0.25) is 0 Å². The molecule has 2 atom stereocenters. The Balaban J connectivity index is 2.27. The van der Waals surface area contributed by atoms with Gasteiger partial charge in [-0.2, -0.15) is 0 Å². The summed E-state index contributed by atoms with van der Waals surface area (Å²) in [6.07, 6.45) is 0. The Labute approximate surface area is 93.6 Å². The van der Waals surface area contributed by atoms with Gasteiger partial charge in [0, 0.05) is 19.0 Å². The summed E-state index contributed by atoms with van der Waals surface area (Å²) < 4.78 is 18.3. The van der Waals surface area contributed by atoms with Crippen LogP contribution in [0.2, 0.25) is 0 Å². The maximum absolute atomic E-state index is 13.6. The fourth-order valence-electron chi connectivity index (χ4n) is 2.18. The second-order valence-electron chi connectivity index (χ2n) is 3.92. The first-order chi connectivity index (χ1) is 7.74. The van der Waals surface area contributed by atoms with E-state index in [9.17, 15) is 9.18 Å². The highest BCUT2D eigenvalue weighted by atomic mass is 19.1. The highest BCUT2D eigenvalue weighted by Gasteiger charge is 2.35. The minimum absolute atomic E-state index is 0.131. The molecular formula is C12H14FNO2. The molecule has 2 rings (SSSR count). The largest absolute Gasteiger partial charge is 0.469 e. The van der Waals surface area contributed by atoms with Crippen LogP contribution in [0.1, 0.15) is 11.5 Å². The van der Waals surface area contributed by atoms with Crippen LogP contribution in [-0.2, 0) is 9.53 Å². The number of hydrogen-bond acceptors (Lipinski definition) is 3. The van der Waals surface area contributed by atoms with E-state index in [2.05, 4.69) is 5.32 Å². The number of nitrogens with one attached hydrogen (secondary N) is 1. The predicted octanol–water partition coefficient (Wildman–Crippen LogP) is 1.30. The van der Waals surface area contributed by atoms with Gasteiger partial charge in [-0.05, 0) is 11.6 Å². The number of hydrogen-bond donors (Lipinski definition) is 1. The molecule has 1 N–H and O–H groups in total. The lowest BCUT2D eigenvalue weighted by atomic mass is 9.89. The van der Waals surface area contributed by atoms with Crippen LogP contribution < -0.4 is 5.32 Å². The second kappa shape index (κ2) is 4.61. The molecule has 2 unspecified atom stereocenters. The molecule has 1 heterocycles. The Morgan fingerprint density at radius 2 is 2.19 bits per heavy atom. The van der Waals surface area contributed by atoms with Crippen molar-refractivity contribution in [1.82, 2.24) is 5.32 Å². The summed E-state index contributed by atoms with van der Waals surface area (Å²) in [5, 5.41) is 3.10. The lowest BCUT2D eigenvalue weighted by Gasteiger charge is -2.17. The highest BCUT2D eigenvalue weighted by molar-refractivity contribution is 5.74. The van der Waals surface area contributed by atoms with E-state index in [1.807, 2.05) is 0 Å². The lowest BCUT2D eigenvalue weighted by Crippen LogP contribution is -2.23. The zero-order valence-electron chi connectivity index (χ0n) is 9.07. The van der Waals surface area contributed by atoms with Crippen molar-refractivity contribution in [1.29, 1.82) is 0 Å². The van der Waals surface area contributed by atoms with Crippen LogP contribution >= 0.6 is 0 Å².